The SMILES string of the molecule is NC(=O)CCC(NC(=O)C(N)CC(N)=O)C(=O)NCC(=O)NC(CC(N)=O)C(=O)O. The summed E-state index contributed by atoms with van der Waals surface area (Å²) in [5.41, 5.74) is 20.3. The van der Waals surface area contributed by atoms with Crippen molar-refractivity contribution in [2.45, 2.75) is 43.8 Å². The van der Waals surface area contributed by atoms with Crippen LogP contribution in [0.5, 0.6) is 0 Å². The molecule has 0 aliphatic heterocycles. The number of carbonyl (C=O) groups excluding carboxylic acids is 6. The average molecular weight is 431 g/mol. The van der Waals surface area contributed by atoms with E-state index in [0.717, 1.165) is 0 Å². The van der Waals surface area contributed by atoms with E-state index in [0.29, 0.717) is 0 Å². The van der Waals surface area contributed by atoms with Crippen molar-refractivity contribution < 1.29 is 38.7 Å². The summed E-state index contributed by atoms with van der Waals surface area (Å²) in [6, 6.07) is -4.28. The van der Waals surface area contributed by atoms with Gasteiger partial charge in [0.05, 0.1) is 25.4 Å². The van der Waals surface area contributed by atoms with Gasteiger partial charge in [-0.25, -0.2) is 4.79 Å². The minimum absolute atomic E-state index is 0.239. The van der Waals surface area contributed by atoms with E-state index in [9.17, 15) is 33.6 Å². The molecule has 0 aliphatic carbocycles. The minimum atomic E-state index is -1.59. The van der Waals surface area contributed by atoms with Gasteiger partial charge in [0.25, 0.3) is 0 Å². The Morgan fingerprint density at radius 3 is 1.80 bits per heavy atom. The fourth-order valence-corrected chi connectivity index (χ4v) is 2.08. The van der Waals surface area contributed by atoms with Gasteiger partial charge in [-0.2, -0.15) is 0 Å². The van der Waals surface area contributed by atoms with Gasteiger partial charge in [0.15, 0.2) is 0 Å². The number of carbonyl (C=O) groups is 7. The maximum absolute atomic E-state index is 12.3. The number of carboxylic acids is 1. The Hall–Kier alpha value is -3.75. The summed E-state index contributed by atoms with van der Waals surface area (Å²) in [5, 5.41) is 15.2. The monoisotopic (exact) mass is 431 g/mol. The molecule has 0 aliphatic rings. The summed E-state index contributed by atoms with van der Waals surface area (Å²) in [5.74, 6) is -6.87. The lowest BCUT2D eigenvalue weighted by Gasteiger charge is -2.20. The maximum Gasteiger partial charge on any atom is 0.326 e. The van der Waals surface area contributed by atoms with Gasteiger partial charge in [-0.05, 0) is 6.42 Å². The van der Waals surface area contributed by atoms with E-state index in [2.05, 4.69) is 10.6 Å². The number of carboxylic acid groups (broad SMARTS) is 1. The van der Waals surface area contributed by atoms with Crippen LogP contribution in [0, 0.1) is 0 Å². The van der Waals surface area contributed by atoms with Gasteiger partial charge < -0.3 is 44.0 Å². The molecule has 0 fully saturated rings. The molecule has 3 atom stereocenters. The van der Waals surface area contributed by atoms with Crippen LogP contribution < -0.4 is 38.9 Å². The first kappa shape index (κ1) is 26.2. The van der Waals surface area contributed by atoms with Gasteiger partial charge in [-0.15, -0.1) is 0 Å². The molecule has 168 valence electrons. The van der Waals surface area contributed by atoms with Crippen molar-refractivity contribution in [1.82, 2.24) is 16.0 Å². The number of hydrogen-bond donors (Lipinski definition) is 8. The Morgan fingerprint density at radius 2 is 1.33 bits per heavy atom. The van der Waals surface area contributed by atoms with Crippen LogP contribution in [0.4, 0.5) is 0 Å². The molecular weight excluding hydrogens is 406 g/mol. The first-order chi connectivity index (χ1) is 13.8. The summed E-state index contributed by atoms with van der Waals surface area (Å²) in [6.07, 6.45) is -1.69. The van der Waals surface area contributed by atoms with Crippen molar-refractivity contribution in [3.63, 3.8) is 0 Å². The smallest absolute Gasteiger partial charge is 0.326 e. The fourth-order valence-electron chi connectivity index (χ4n) is 2.08. The molecule has 15 nitrogen and oxygen atoms in total. The van der Waals surface area contributed by atoms with Crippen molar-refractivity contribution in [2.24, 2.45) is 22.9 Å². The zero-order chi connectivity index (χ0) is 23.4. The fraction of sp³-hybridized carbons (Fsp3) is 0.533. The lowest BCUT2D eigenvalue weighted by atomic mass is 10.1. The van der Waals surface area contributed by atoms with Crippen molar-refractivity contribution in [2.75, 3.05) is 6.54 Å². The zero-order valence-electron chi connectivity index (χ0n) is 15.9. The Kier molecular flexibility index (Phi) is 11.1. The zero-order valence-corrected chi connectivity index (χ0v) is 15.9. The largest absolute Gasteiger partial charge is 0.480 e. The summed E-state index contributed by atoms with van der Waals surface area (Å²) in [7, 11) is 0. The maximum atomic E-state index is 12.3. The number of nitrogens with two attached hydrogens (primary N) is 4. The van der Waals surface area contributed by atoms with E-state index >= 15 is 0 Å². The second kappa shape index (κ2) is 12.7. The van der Waals surface area contributed by atoms with Crippen LogP contribution in [0.15, 0.2) is 0 Å². The van der Waals surface area contributed by atoms with Gasteiger partial charge in [0.1, 0.15) is 12.1 Å². The highest BCUT2D eigenvalue weighted by atomic mass is 16.4. The molecule has 0 aromatic heterocycles. The second-order valence-electron chi connectivity index (χ2n) is 6.19. The van der Waals surface area contributed by atoms with E-state index in [1.165, 1.54) is 0 Å². The molecule has 0 saturated heterocycles. The highest BCUT2D eigenvalue weighted by molar-refractivity contribution is 5.94. The van der Waals surface area contributed by atoms with Crippen LogP contribution in [-0.4, -0.2) is 71.2 Å². The number of amides is 6. The van der Waals surface area contributed by atoms with E-state index in [-0.39, 0.29) is 12.8 Å². The van der Waals surface area contributed by atoms with Crippen molar-refractivity contribution >= 4 is 41.4 Å². The van der Waals surface area contributed by atoms with Gasteiger partial charge >= 0.3 is 5.97 Å². The lowest BCUT2D eigenvalue weighted by Crippen LogP contribution is -2.54. The predicted molar refractivity (Wildman–Crippen MR) is 98.5 cm³/mol. The summed E-state index contributed by atoms with van der Waals surface area (Å²) in [6.45, 7) is -0.711. The molecule has 0 spiro atoms. The van der Waals surface area contributed by atoms with Crippen LogP contribution >= 0.6 is 0 Å². The number of hydrogen-bond acceptors (Lipinski definition) is 8. The van der Waals surface area contributed by atoms with E-state index in [1.54, 1.807) is 0 Å². The van der Waals surface area contributed by atoms with Crippen molar-refractivity contribution in [3.05, 3.63) is 0 Å². The number of rotatable bonds is 14. The molecule has 0 radical (unpaired) electrons. The van der Waals surface area contributed by atoms with Crippen molar-refractivity contribution in [1.29, 1.82) is 0 Å². The molecule has 0 bridgehead atoms. The molecule has 6 amide bonds. The van der Waals surface area contributed by atoms with Crippen molar-refractivity contribution in [3.8, 4) is 0 Å². The highest BCUT2D eigenvalue weighted by Gasteiger charge is 2.26. The lowest BCUT2D eigenvalue weighted by molar-refractivity contribution is -0.143. The van der Waals surface area contributed by atoms with E-state index in [1.807, 2.05) is 5.32 Å². The third kappa shape index (κ3) is 11.2. The second-order valence-corrected chi connectivity index (χ2v) is 6.19. The molecule has 12 N–H and O–H groups in total. The highest BCUT2D eigenvalue weighted by Crippen LogP contribution is 2.00. The molecule has 0 rings (SSSR count). The molecule has 3 unspecified atom stereocenters. The summed E-state index contributed by atoms with van der Waals surface area (Å²) < 4.78 is 0. The standard InChI is InChI=1S/C15H25N7O8/c16-6(3-10(18)24)13(27)22-7(1-2-9(17)23)14(28)20-5-12(26)21-8(15(29)30)4-11(19)25/h6-8H,1-5,16H2,(H2,17,23)(H2,18,24)(H2,19,25)(H,20,28)(H,21,26)(H,22,27)(H,29,30). The van der Waals surface area contributed by atoms with Gasteiger partial charge in [0, 0.05) is 6.42 Å². The Labute approximate surface area is 170 Å². The summed E-state index contributed by atoms with van der Waals surface area (Å²) >= 11 is 0. The third-order valence-corrected chi connectivity index (χ3v) is 3.53. The van der Waals surface area contributed by atoms with Crippen LogP contribution in [0.3, 0.4) is 0 Å². The average Bonchev–Trinajstić information content (AvgIpc) is 2.61. The Balaban J connectivity index is 4.94. The van der Waals surface area contributed by atoms with E-state index in [4.69, 9.17) is 28.0 Å². The molecular formula is C15H25N7O8. The third-order valence-electron chi connectivity index (χ3n) is 3.53. The topological polar surface area (TPSA) is 280 Å². The number of aliphatic carboxylic acids is 1. The van der Waals surface area contributed by atoms with Crippen LogP contribution in [0.2, 0.25) is 0 Å². The molecule has 0 heterocycles. The first-order valence-electron chi connectivity index (χ1n) is 8.54. The molecule has 0 aromatic carbocycles. The molecule has 0 aromatic rings. The van der Waals surface area contributed by atoms with Crippen LogP contribution in [0.25, 0.3) is 0 Å². The Bertz CT molecular complexity index is 711. The predicted octanol–water partition coefficient (Wildman–Crippen LogP) is -5.50. The van der Waals surface area contributed by atoms with E-state index < -0.39 is 78.9 Å². The molecule has 15 heteroatoms. The normalized spacial score (nSPS) is 13.2. The molecule has 30 heavy (non-hydrogen) atoms. The van der Waals surface area contributed by atoms with Gasteiger partial charge in [-0.1, -0.05) is 0 Å². The quantitative estimate of drug-likeness (QED) is 0.130. The summed E-state index contributed by atoms with van der Waals surface area (Å²) in [4.78, 5) is 79.6. The van der Waals surface area contributed by atoms with Crippen LogP contribution in [0.1, 0.15) is 25.7 Å². The minimum Gasteiger partial charge on any atom is -0.480 e. The van der Waals surface area contributed by atoms with Gasteiger partial charge in [-0.3, -0.25) is 28.8 Å². The number of nitrogens with one attached hydrogen (secondary N) is 3. The van der Waals surface area contributed by atoms with Gasteiger partial charge in [0.2, 0.25) is 35.4 Å². The van der Waals surface area contributed by atoms with Crippen LogP contribution in [-0.2, 0) is 33.6 Å². The molecule has 0 saturated carbocycles. The number of primary amides is 3. The first-order valence-corrected chi connectivity index (χ1v) is 8.54. The Morgan fingerprint density at radius 1 is 0.767 bits per heavy atom.